The van der Waals surface area contributed by atoms with Crippen molar-refractivity contribution in [3.05, 3.63) is 67.6 Å². The number of rotatable bonds is 4. The van der Waals surface area contributed by atoms with Gasteiger partial charge in [-0.3, -0.25) is 4.79 Å². The first-order valence-electron chi connectivity index (χ1n) is 8.65. The molecule has 0 unspecified atom stereocenters. The highest BCUT2D eigenvalue weighted by atomic mass is 35.5. The highest BCUT2D eigenvalue weighted by Crippen LogP contribution is 2.41. The number of carbonyl (C=O) groups is 1. The molecule has 0 saturated carbocycles. The lowest BCUT2D eigenvalue weighted by molar-refractivity contribution is -0.0631. The highest BCUT2D eigenvalue weighted by Gasteiger charge is 2.46. The van der Waals surface area contributed by atoms with Crippen LogP contribution in [0.3, 0.4) is 0 Å². The van der Waals surface area contributed by atoms with Crippen molar-refractivity contribution >= 4 is 52.2 Å². The van der Waals surface area contributed by atoms with E-state index in [0.717, 1.165) is 6.54 Å². The number of carbonyl (C=O) groups excluding carboxylic acids is 1. The minimum absolute atomic E-state index is 0.180. The molecule has 1 aliphatic heterocycles. The number of halogens is 4. The van der Waals surface area contributed by atoms with Crippen LogP contribution in [0.25, 0.3) is 0 Å². The fraction of sp³-hybridized carbons (Fsp3) is 0.350. The second-order valence-corrected chi connectivity index (χ2v) is 8.37. The van der Waals surface area contributed by atoms with E-state index in [4.69, 9.17) is 46.4 Å². The lowest BCUT2D eigenvalue weighted by atomic mass is 9.72. The molecule has 0 amide bonds. The number of hydrogen-bond acceptors (Lipinski definition) is 3. The van der Waals surface area contributed by atoms with Crippen molar-refractivity contribution in [3.8, 4) is 0 Å². The molecule has 1 aliphatic rings. The van der Waals surface area contributed by atoms with E-state index in [2.05, 4.69) is 4.90 Å². The Labute approximate surface area is 178 Å². The number of piperidine rings is 1. The molecule has 27 heavy (non-hydrogen) atoms. The first kappa shape index (κ1) is 20.9. The first-order chi connectivity index (χ1) is 12.8. The van der Waals surface area contributed by atoms with Crippen LogP contribution in [0.2, 0.25) is 20.1 Å². The van der Waals surface area contributed by atoms with Gasteiger partial charge >= 0.3 is 0 Å². The molecule has 3 rings (SSSR count). The molecule has 0 spiro atoms. The average molecular weight is 447 g/mol. The Kier molecular flexibility index (Phi) is 6.41. The topological polar surface area (TPSA) is 40.5 Å². The smallest absolute Gasteiger partial charge is 0.170 e. The second-order valence-electron chi connectivity index (χ2n) is 6.74. The maximum absolute atomic E-state index is 13.3. The average Bonchev–Trinajstić information content (AvgIpc) is 2.66. The number of benzene rings is 2. The van der Waals surface area contributed by atoms with Crippen molar-refractivity contribution in [1.82, 2.24) is 4.90 Å². The van der Waals surface area contributed by atoms with Gasteiger partial charge in [0, 0.05) is 18.7 Å². The SMILES string of the molecule is CCN1CC[C@](O)(c2ccc(Cl)c(Cl)c2)[C@H](C(=O)c2ccc(Cl)c(Cl)c2)C1. The highest BCUT2D eigenvalue weighted by molar-refractivity contribution is 6.42. The largest absolute Gasteiger partial charge is 0.384 e. The Morgan fingerprint density at radius 3 is 2.30 bits per heavy atom. The molecule has 1 N–H and O–H groups in total. The third-order valence-corrected chi connectivity index (χ3v) is 6.69. The molecule has 0 bridgehead atoms. The van der Waals surface area contributed by atoms with Gasteiger partial charge in [-0.2, -0.15) is 0 Å². The number of hydrogen-bond donors (Lipinski definition) is 1. The number of nitrogens with zero attached hydrogens (tertiary/aromatic N) is 1. The zero-order chi connectivity index (χ0) is 19.8. The molecule has 2 aromatic rings. The zero-order valence-corrected chi connectivity index (χ0v) is 17.7. The van der Waals surface area contributed by atoms with Crippen LogP contribution in [0.15, 0.2) is 36.4 Å². The summed E-state index contributed by atoms with van der Waals surface area (Å²) in [5, 5.41) is 13.0. The van der Waals surface area contributed by atoms with Crippen LogP contribution in [0.1, 0.15) is 29.3 Å². The summed E-state index contributed by atoms with van der Waals surface area (Å²) in [5.41, 5.74) is -0.333. The summed E-state index contributed by atoms with van der Waals surface area (Å²) >= 11 is 24.2. The Balaban J connectivity index is 2.04. The molecule has 1 saturated heterocycles. The normalized spacial score (nSPS) is 23.4. The Bertz CT molecular complexity index is 873. The van der Waals surface area contributed by atoms with Crippen molar-refractivity contribution in [1.29, 1.82) is 0 Å². The summed E-state index contributed by atoms with van der Waals surface area (Å²) < 4.78 is 0. The van der Waals surface area contributed by atoms with E-state index < -0.39 is 11.5 Å². The van der Waals surface area contributed by atoms with E-state index in [1.54, 1.807) is 36.4 Å². The molecular formula is C20H19Cl4NO2. The molecule has 1 heterocycles. The van der Waals surface area contributed by atoms with Gasteiger partial charge in [0.1, 0.15) is 5.60 Å². The standard InChI is InChI=1S/C20H19Cl4NO2/c1-2-25-8-7-20(27,13-4-6-16(22)18(24)10-13)14(11-25)19(26)12-3-5-15(21)17(23)9-12/h3-6,9-10,14,27H,2,7-8,11H2,1H3/t14-,20-/m0/s1. The summed E-state index contributed by atoms with van der Waals surface area (Å²) in [6, 6.07) is 9.79. The number of aliphatic hydroxyl groups is 1. The summed E-state index contributed by atoms with van der Waals surface area (Å²) in [7, 11) is 0. The Hall–Kier alpha value is -0.810. The van der Waals surface area contributed by atoms with Gasteiger partial charge in [0.25, 0.3) is 0 Å². The van der Waals surface area contributed by atoms with Gasteiger partial charge in [-0.05, 0) is 48.9 Å². The van der Waals surface area contributed by atoms with Gasteiger partial charge in [0.05, 0.1) is 26.0 Å². The lowest BCUT2D eigenvalue weighted by Crippen LogP contribution is -2.53. The molecule has 144 valence electrons. The van der Waals surface area contributed by atoms with E-state index in [1.807, 2.05) is 6.92 Å². The summed E-state index contributed by atoms with van der Waals surface area (Å²) in [6.45, 7) is 3.94. The number of Topliss-reactive ketones (excluding diaryl/α,β-unsaturated/α-hetero) is 1. The van der Waals surface area contributed by atoms with E-state index >= 15 is 0 Å². The van der Waals surface area contributed by atoms with Gasteiger partial charge in [0.2, 0.25) is 0 Å². The van der Waals surface area contributed by atoms with Crippen LogP contribution >= 0.6 is 46.4 Å². The molecule has 1 fully saturated rings. The predicted octanol–water partition coefficient (Wildman–Crippen LogP) is 5.71. The van der Waals surface area contributed by atoms with Crippen LogP contribution in [-0.4, -0.2) is 35.4 Å². The van der Waals surface area contributed by atoms with E-state index in [-0.39, 0.29) is 5.78 Å². The minimum atomic E-state index is -1.34. The third kappa shape index (κ3) is 4.14. The van der Waals surface area contributed by atoms with Crippen molar-refractivity contribution in [3.63, 3.8) is 0 Å². The minimum Gasteiger partial charge on any atom is -0.384 e. The molecule has 3 nitrogen and oxygen atoms in total. The number of ketones is 1. The molecule has 0 radical (unpaired) electrons. The predicted molar refractivity (Wildman–Crippen MR) is 111 cm³/mol. The van der Waals surface area contributed by atoms with Crippen molar-refractivity contribution in [2.45, 2.75) is 18.9 Å². The van der Waals surface area contributed by atoms with Crippen LogP contribution in [0, 0.1) is 5.92 Å². The van der Waals surface area contributed by atoms with E-state index in [1.165, 1.54) is 0 Å². The Morgan fingerprint density at radius 1 is 1.07 bits per heavy atom. The van der Waals surface area contributed by atoms with E-state index in [0.29, 0.717) is 50.7 Å². The molecular weight excluding hydrogens is 428 g/mol. The lowest BCUT2D eigenvalue weighted by Gasteiger charge is -2.44. The Morgan fingerprint density at radius 2 is 1.70 bits per heavy atom. The van der Waals surface area contributed by atoms with Crippen LogP contribution in [0.4, 0.5) is 0 Å². The maximum Gasteiger partial charge on any atom is 0.170 e. The van der Waals surface area contributed by atoms with Gasteiger partial charge in [0.15, 0.2) is 5.78 Å². The van der Waals surface area contributed by atoms with Crippen LogP contribution in [0.5, 0.6) is 0 Å². The number of likely N-dealkylation sites (tertiary alicyclic amines) is 1. The zero-order valence-electron chi connectivity index (χ0n) is 14.7. The van der Waals surface area contributed by atoms with Crippen molar-refractivity contribution in [2.24, 2.45) is 5.92 Å². The monoisotopic (exact) mass is 445 g/mol. The first-order valence-corrected chi connectivity index (χ1v) is 10.2. The molecule has 0 aromatic heterocycles. The van der Waals surface area contributed by atoms with Crippen molar-refractivity contribution in [2.75, 3.05) is 19.6 Å². The summed E-state index contributed by atoms with van der Waals surface area (Å²) in [4.78, 5) is 15.5. The molecule has 0 aliphatic carbocycles. The van der Waals surface area contributed by atoms with Gasteiger partial charge in [-0.15, -0.1) is 0 Å². The van der Waals surface area contributed by atoms with Crippen LogP contribution < -0.4 is 0 Å². The molecule has 2 atom stereocenters. The van der Waals surface area contributed by atoms with Gasteiger partial charge < -0.3 is 10.0 Å². The summed E-state index contributed by atoms with van der Waals surface area (Å²) in [6.07, 6.45) is 0.413. The molecule has 2 aromatic carbocycles. The fourth-order valence-corrected chi connectivity index (χ4v) is 4.15. The van der Waals surface area contributed by atoms with Crippen LogP contribution in [-0.2, 0) is 5.60 Å². The van der Waals surface area contributed by atoms with Gasteiger partial charge in [-0.25, -0.2) is 0 Å². The third-order valence-electron chi connectivity index (χ3n) is 5.21. The fourth-order valence-electron chi connectivity index (χ4n) is 3.55. The summed E-state index contributed by atoms with van der Waals surface area (Å²) in [5.74, 6) is -0.846. The van der Waals surface area contributed by atoms with Crippen molar-refractivity contribution < 1.29 is 9.90 Å². The van der Waals surface area contributed by atoms with E-state index in [9.17, 15) is 9.90 Å². The molecule has 7 heteroatoms. The quantitative estimate of drug-likeness (QED) is 0.611. The second kappa shape index (κ2) is 8.28. The maximum atomic E-state index is 13.3. The van der Waals surface area contributed by atoms with Gasteiger partial charge in [-0.1, -0.05) is 59.4 Å².